The highest BCUT2D eigenvalue weighted by Gasteiger charge is 2.17. The van der Waals surface area contributed by atoms with Crippen LogP contribution in [0.3, 0.4) is 0 Å². The lowest BCUT2D eigenvalue weighted by Crippen LogP contribution is -2.30. The number of aryl methyl sites for hydroxylation is 2. The Morgan fingerprint density at radius 1 is 1.23 bits per heavy atom. The van der Waals surface area contributed by atoms with E-state index in [4.69, 9.17) is 4.74 Å². The Hall–Kier alpha value is -1.88. The highest BCUT2D eigenvalue weighted by molar-refractivity contribution is 9.10. The Balaban J connectivity index is 2.09. The molecule has 0 aliphatic carbocycles. The third-order valence-electron chi connectivity index (χ3n) is 3.30. The molecule has 0 aromatic heterocycles. The zero-order valence-electron chi connectivity index (χ0n) is 12.6. The van der Waals surface area contributed by atoms with Crippen molar-refractivity contribution in [3.63, 3.8) is 0 Å². The third kappa shape index (κ3) is 3.85. The molecule has 0 aliphatic rings. The SMILES string of the molecule is Cc1cccc(C)c1NC(=O)C(C)Oc1ccc(F)cc1Br. The van der Waals surface area contributed by atoms with E-state index in [9.17, 15) is 9.18 Å². The number of carbonyl (C=O) groups is 1. The van der Waals surface area contributed by atoms with Crippen LogP contribution in [0.4, 0.5) is 10.1 Å². The Labute approximate surface area is 137 Å². The summed E-state index contributed by atoms with van der Waals surface area (Å²) in [7, 11) is 0. The van der Waals surface area contributed by atoms with Gasteiger partial charge in [-0.15, -0.1) is 0 Å². The molecular weight excluding hydrogens is 349 g/mol. The van der Waals surface area contributed by atoms with Gasteiger partial charge >= 0.3 is 0 Å². The average molecular weight is 366 g/mol. The van der Waals surface area contributed by atoms with Crippen LogP contribution >= 0.6 is 15.9 Å². The first kappa shape index (κ1) is 16.5. The van der Waals surface area contributed by atoms with Gasteiger partial charge in [0.15, 0.2) is 6.10 Å². The zero-order chi connectivity index (χ0) is 16.3. The van der Waals surface area contributed by atoms with Crippen LogP contribution in [0.25, 0.3) is 0 Å². The van der Waals surface area contributed by atoms with Crippen molar-refractivity contribution in [2.24, 2.45) is 0 Å². The number of carbonyl (C=O) groups excluding carboxylic acids is 1. The van der Waals surface area contributed by atoms with E-state index in [-0.39, 0.29) is 11.7 Å². The number of para-hydroxylation sites is 1. The van der Waals surface area contributed by atoms with Gasteiger partial charge in [-0.05, 0) is 66.0 Å². The van der Waals surface area contributed by atoms with Crippen molar-refractivity contribution in [1.82, 2.24) is 0 Å². The summed E-state index contributed by atoms with van der Waals surface area (Å²) >= 11 is 3.22. The maximum atomic E-state index is 13.1. The molecule has 1 atom stereocenters. The molecule has 2 aromatic carbocycles. The van der Waals surface area contributed by atoms with Gasteiger partial charge in [0.1, 0.15) is 11.6 Å². The summed E-state index contributed by atoms with van der Waals surface area (Å²) in [5.74, 6) is -0.203. The molecule has 1 amide bonds. The molecule has 0 heterocycles. The van der Waals surface area contributed by atoms with E-state index in [2.05, 4.69) is 21.2 Å². The van der Waals surface area contributed by atoms with Crippen LogP contribution in [-0.2, 0) is 4.79 Å². The van der Waals surface area contributed by atoms with Gasteiger partial charge in [0.2, 0.25) is 0 Å². The fourth-order valence-corrected chi connectivity index (χ4v) is 2.50. The highest BCUT2D eigenvalue weighted by atomic mass is 79.9. The normalized spacial score (nSPS) is 11.9. The zero-order valence-corrected chi connectivity index (χ0v) is 14.2. The number of rotatable bonds is 4. The van der Waals surface area contributed by atoms with Crippen molar-refractivity contribution < 1.29 is 13.9 Å². The maximum absolute atomic E-state index is 13.1. The average Bonchev–Trinajstić information content (AvgIpc) is 2.45. The van der Waals surface area contributed by atoms with Gasteiger partial charge in [0.25, 0.3) is 5.91 Å². The number of benzene rings is 2. The van der Waals surface area contributed by atoms with Crippen LogP contribution in [-0.4, -0.2) is 12.0 Å². The van der Waals surface area contributed by atoms with Crippen molar-refractivity contribution in [3.05, 3.63) is 57.8 Å². The third-order valence-corrected chi connectivity index (χ3v) is 3.92. The van der Waals surface area contributed by atoms with Crippen LogP contribution in [0.15, 0.2) is 40.9 Å². The summed E-state index contributed by atoms with van der Waals surface area (Å²) in [5.41, 5.74) is 2.77. The minimum absolute atomic E-state index is 0.256. The van der Waals surface area contributed by atoms with Crippen molar-refractivity contribution in [2.75, 3.05) is 5.32 Å². The first-order valence-corrected chi connectivity index (χ1v) is 7.66. The van der Waals surface area contributed by atoms with E-state index >= 15 is 0 Å². The molecule has 22 heavy (non-hydrogen) atoms. The second-order valence-corrected chi connectivity index (χ2v) is 5.95. The van der Waals surface area contributed by atoms with Crippen LogP contribution < -0.4 is 10.1 Å². The second-order valence-electron chi connectivity index (χ2n) is 5.09. The van der Waals surface area contributed by atoms with Gasteiger partial charge < -0.3 is 10.1 Å². The fourth-order valence-electron chi connectivity index (χ4n) is 2.05. The van der Waals surface area contributed by atoms with Gasteiger partial charge in [0.05, 0.1) is 4.47 Å². The molecule has 0 saturated carbocycles. The van der Waals surface area contributed by atoms with Crippen LogP contribution in [0.2, 0.25) is 0 Å². The smallest absolute Gasteiger partial charge is 0.265 e. The molecule has 2 rings (SSSR count). The minimum atomic E-state index is -0.708. The van der Waals surface area contributed by atoms with E-state index in [1.807, 2.05) is 32.0 Å². The molecule has 0 saturated heterocycles. The summed E-state index contributed by atoms with van der Waals surface area (Å²) in [4.78, 5) is 12.3. The number of hydrogen-bond acceptors (Lipinski definition) is 2. The van der Waals surface area contributed by atoms with Crippen LogP contribution in [0.5, 0.6) is 5.75 Å². The van der Waals surface area contributed by atoms with Gasteiger partial charge in [-0.3, -0.25) is 4.79 Å². The first-order chi connectivity index (χ1) is 10.4. The van der Waals surface area contributed by atoms with Crippen LogP contribution in [0, 0.1) is 19.7 Å². The molecule has 0 bridgehead atoms. The number of halogens is 2. The van der Waals surface area contributed by atoms with E-state index in [0.29, 0.717) is 10.2 Å². The van der Waals surface area contributed by atoms with Crippen molar-refractivity contribution in [3.8, 4) is 5.75 Å². The number of ether oxygens (including phenoxy) is 1. The molecule has 5 heteroatoms. The lowest BCUT2D eigenvalue weighted by atomic mass is 10.1. The van der Waals surface area contributed by atoms with E-state index < -0.39 is 6.10 Å². The molecular formula is C17H17BrFNO2. The lowest BCUT2D eigenvalue weighted by Gasteiger charge is -2.17. The van der Waals surface area contributed by atoms with Crippen molar-refractivity contribution in [2.45, 2.75) is 26.9 Å². The highest BCUT2D eigenvalue weighted by Crippen LogP contribution is 2.27. The van der Waals surface area contributed by atoms with Gasteiger partial charge in [-0.1, -0.05) is 18.2 Å². The topological polar surface area (TPSA) is 38.3 Å². The summed E-state index contributed by atoms with van der Waals surface area (Å²) in [6.45, 7) is 5.52. The van der Waals surface area contributed by atoms with E-state index in [1.165, 1.54) is 18.2 Å². The fraction of sp³-hybridized carbons (Fsp3) is 0.235. The Morgan fingerprint density at radius 2 is 1.86 bits per heavy atom. The summed E-state index contributed by atoms with van der Waals surface area (Å²) < 4.78 is 19.1. The first-order valence-electron chi connectivity index (χ1n) is 6.87. The Kier molecular flexibility index (Phi) is 5.19. The molecule has 0 aliphatic heterocycles. The molecule has 0 radical (unpaired) electrons. The standard InChI is InChI=1S/C17H17BrFNO2/c1-10-5-4-6-11(2)16(10)20-17(21)12(3)22-15-8-7-13(19)9-14(15)18/h4-9,12H,1-3H3,(H,20,21). The minimum Gasteiger partial charge on any atom is -0.480 e. The molecule has 116 valence electrons. The van der Waals surface area contributed by atoms with E-state index in [1.54, 1.807) is 6.92 Å². The maximum Gasteiger partial charge on any atom is 0.265 e. The molecule has 1 N–H and O–H groups in total. The number of amides is 1. The van der Waals surface area contributed by atoms with Crippen molar-refractivity contribution in [1.29, 1.82) is 0 Å². The summed E-state index contributed by atoms with van der Waals surface area (Å²) in [6, 6.07) is 9.88. The summed E-state index contributed by atoms with van der Waals surface area (Å²) in [5, 5.41) is 2.88. The Bertz CT molecular complexity index is 683. The van der Waals surface area contributed by atoms with Gasteiger partial charge in [-0.2, -0.15) is 0 Å². The number of hydrogen-bond donors (Lipinski definition) is 1. The number of anilines is 1. The molecule has 0 fully saturated rings. The second kappa shape index (κ2) is 6.92. The molecule has 0 spiro atoms. The molecule has 2 aromatic rings. The quantitative estimate of drug-likeness (QED) is 0.858. The number of nitrogens with one attached hydrogen (secondary N) is 1. The summed E-state index contributed by atoms with van der Waals surface area (Å²) in [6.07, 6.45) is -0.708. The Morgan fingerprint density at radius 3 is 2.45 bits per heavy atom. The van der Waals surface area contributed by atoms with E-state index in [0.717, 1.165) is 16.8 Å². The lowest BCUT2D eigenvalue weighted by molar-refractivity contribution is -0.122. The molecule has 1 unspecified atom stereocenters. The predicted molar refractivity (Wildman–Crippen MR) is 88.7 cm³/mol. The van der Waals surface area contributed by atoms with Gasteiger partial charge in [0, 0.05) is 5.69 Å². The van der Waals surface area contributed by atoms with Crippen LogP contribution in [0.1, 0.15) is 18.1 Å². The van der Waals surface area contributed by atoms with Gasteiger partial charge in [-0.25, -0.2) is 4.39 Å². The monoisotopic (exact) mass is 365 g/mol. The molecule has 3 nitrogen and oxygen atoms in total. The largest absolute Gasteiger partial charge is 0.480 e. The van der Waals surface area contributed by atoms with Crippen molar-refractivity contribution >= 4 is 27.5 Å². The predicted octanol–water partition coefficient (Wildman–Crippen LogP) is 4.61.